The van der Waals surface area contributed by atoms with Gasteiger partial charge in [0.05, 0.1) is 6.04 Å². The fourth-order valence-electron chi connectivity index (χ4n) is 3.50. The molecule has 3 amide bonds. The highest BCUT2D eigenvalue weighted by Crippen LogP contribution is 2.31. The van der Waals surface area contributed by atoms with Crippen molar-refractivity contribution in [2.75, 3.05) is 0 Å². The number of nitrogens with one attached hydrogen (secondary N) is 5. The van der Waals surface area contributed by atoms with E-state index in [0.29, 0.717) is 6.42 Å². The molecule has 5 N–H and O–H groups in total. The quantitative estimate of drug-likeness (QED) is 0.489. The van der Waals surface area contributed by atoms with Crippen LogP contribution in [0.3, 0.4) is 0 Å². The van der Waals surface area contributed by atoms with Crippen molar-refractivity contribution in [3.05, 3.63) is 35.5 Å². The first kappa shape index (κ1) is 21.6. The van der Waals surface area contributed by atoms with Crippen molar-refractivity contribution >= 4 is 28.8 Å². The van der Waals surface area contributed by atoms with Gasteiger partial charge < -0.3 is 15.0 Å². The number of hydrogen-bond donors (Lipinski definition) is 5. The van der Waals surface area contributed by atoms with Crippen LogP contribution < -0.4 is 21.5 Å². The Morgan fingerprint density at radius 3 is 2.57 bits per heavy atom. The zero-order valence-corrected chi connectivity index (χ0v) is 17.9. The van der Waals surface area contributed by atoms with Gasteiger partial charge in [-0.25, -0.2) is 4.79 Å². The van der Waals surface area contributed by atoms with Crippen LogP contribution in [0, 0.1) is 0 Å². The number of rotatable bonds is 3. The molecule has 2 aromatic rings. The Morgan fingerprint density at radius 2 is 1.87 bits per heavy atom. The number of aromatic nitrogens is 1. The summed E-state index contributed by atoms with van der Waals surface area (Å²) < 4.78 is 5.12. The summed E-state index contributed by atoms with van der Waals surface area (Å²) in [4.78, 5) is 40.0. The van der Waals surface area contributed by atoms with E-state index in [0.717, 1.165) is 22.2 Å². The monoisotopic (exact) mass is 415 g/mol. The molecule has 0 radical (unpaired) electrons. The topological polar surface area (TPSA) is 124 Å². The predicted molar refractivity (Wildman–Crippen MR) is 112 cm³/mol. The Hall–Kier alpha value is -3.07. The molecule has 3 rings (SSSR count). The fourth-order valence-corrected chi connectivity index (χ4v) is 3.50. The Morgan fingerprint density at radius 1 is 1.17 bits per heavy atom. The van der Waals surface area contributed by atoms with E-state index >= 15 is 0 Å². The lowest BCUT2D eigenvalue weighted by Crippen LogP contribution is -2.56. The van der Waals surface area contributed by atoms with E-state index in [9.17, 15) is 14.4 Å². The highest BCUT2D eigenvalue weighted by atomic mass is 16.6. The number of hydrazine groups is 1. The van der Waals surface area contributed by atoms with E-state index in [2.05, 4.69) is 26.5 Å². The standard InChI is InChI=1S/C21H29N5O4/c1-11-17-14(13-8-6-7-9-15(13)24-17)10-16(22-11)19(28)26-25-18(27)12(2)23-20(29)30-21(3,4)5/h6-9,11-12,16,22,24H,10H2,1-5H3,(H,23,29)(H,25,27)(H,26,28)/t11-,12-,16-/m0/s1. The summed E-state index contributed by atoms with van der Waals surface area (Å²) in [7, 11) is 0. The second kappa shape index (κ2) is 8.35. The van der Waals surface area contributed by atoms with Crippen molar-refractivity contribution in [2.24, 2.45) is 0 Å². The zero-order chi connectivity index (χ0) is 22.1. The fraction of sp³-hybridized carbons (Fsp3) is 0.476. The first-order valence-electron chi connectivity index (χ1n) is 10.00. The molecule has 0 spiro atoms. The SMILES string of the molecule is C[C@H](NC(=O)OC(C)(C)C)C(=O)NNC(=O)[C@@H]1Cc2c([nH]c3ccccc23)[C@H](C)N1. The second-order valence-electron chi connectivity index (χ2n) is 8.55. The number of aromatic amines is 1. The van der Waals surface area contributed by atoms with Gasteiger partial charge in [0.15, 0.2) is 0 Å². The van der Waals surface area contributed by atoms with Gasteiger partial charge in [0.25, 0.3) is 11.8 Å². The van der Waals surface area contributed by atoms with Crippen molar-refractivity contribution in [2.45, 2.75) is 64.8 Å². The molecule has 1 aromatic carbocycles. The Bertz CT molecular complexity index is 962. The van der Waals surface area contributed by atoms with Gasteiger partial charge in [-0.15, -0.1) is 0 Å². The van der Waals surface area contributed by atoms with E-state index < -0.39 is 29.7 Å². The lowest BCUT2D eigenvalue weighted by atomic mass is 9.94. The van der Waals surface area contributed by atoms with Crippen molar-refractivity contribution in [3.8, 4) is 0 Å². The molecule has 1 aliphatic heterocycles. The number of carbonyl (C=O) groups is 3. The normalized spacial score (nSPS) is 19.5. The first-order valence-corrected chi connectivity index (χ1v) is 10.00. The number of carbonyl (C=O) groups excluding carboxylic acids is 3. The van der Waals surface area contributed by atoms with E-state index in [-0.39, 0.29) is 11.9 Å². The largest absolute Gasteiger partial charge is 0.444 e. The van der Waals surface area contributed by atoms with Crippen LogP contribution in [0.4, 0.5) is 4.79 Å². The maximum Gasteiger partial charge on any atom is 0.408 e. The summed E-state index contributed by atoms with van der Waals surface area (Å²) in [5.41, 5.74) is 7.34. The van der Waals surface area contributed by atoms with E-state index in [1.807, 2.05) is 31.2 Å². The molecular weight excluding hydrogens is 386 g/mol. The predicted octanol–water partition coefficient (Wildman–Crippen LogP) is 1.80. The summed E-state index contributed by atoms with van der Waals surface area (Å²) in [5, 5.41) is 6.79. The first-order chi connectivity index (χ1) is 14.0. The summed E-state index contributed by atoms with van der Waals surface area (Å²) in [5.74, 6) is -0.901. The Kier molecular flexibility index (Phi) is 6.02. The number of hydrogen-bond acceptors (Lipinski definition) is 5. The molecule has 0 bridgehead atoms. The molecule has 162 valence electrons. The number of alkyl carbamates (subject to hydrolysis) is 1. The maximum absolute atomic E-state index is 12.6. The zero-order valence-electron chi connectivity index (χ0n) is 17.9. The third-order valence-electron chi connectivity index (χ3n) is 4.89. The van der Waals surface area contributed by atoms with Gasteiger partial charge in [-0.05, 0) is 52.7 Å². The number of amides is 3. The van der Waals surface area contributed by atoms with Crippen molar-refractivity contribution in [1.29, 1.82) is 0 Å². The third kappa shape index (κ3) is 4.91. The van der Waals surface area contributed by atoms with Crippen LogP contribution in [-0.4, -0.2) is 40.6 Å². The van der Waals surface area contributed by atoms with Crippen LogP contribution in [0.2, 0.25) is 0 Å². The van der Waals surface area contributed by atoms with Crippen LogP contribution in [-0.2, 0) is 20.7 Å². The number of ether oxygens (including phenoxy) is 1. The van der Waals surface area contributed by atoms with Crippen molar-refractivity contribution < 1.29 is 19.1 Å². The Balaban J connectivity index is 1.56. The van der Waals surface area contributed by atoms with Gasteiger partial charge in [0.2, 0.25) is 0 Å². The molecule has 0 aliphatic carbocycles. The van der Waals surface area contributed by atoms with Crippen molar-refractivity contribution in [3.63, 3.8) is 0 Å². The van der Waals surface area contributed by atoms with Crippen LogP contribution >= 0.6 is 0 Å². The molecule has 0 saturated heterocycles. The third-order valence-corrected chi connectivity index (χ3v) is 4.89. The molecule has 30 heavy (non-hydrogen) atoms. The van der Waals surface area contributed by atoms with E-state index in [4.69, 9.17) is 4.74 Å². The lowest BCUT2D eigenvalue weighted by molar-refractivity contribution is -0.131. The van der Waals surface area contributed by atoms with Crippen LogP contribution in [0.1, 0.15) is 51.9 Å². The number of benzene rings is 1. The highest BCUT2D eigenvalue weighted by molar-refractivity contribution is 5.91. The molecule has 3 atom stereocenters. The molecule has 2 heterocycles. The maximum atomic E-state index is 12.6. The summed E-state index contributed by atoms with van der Waals surface area (Å²) in [6.45, 7) is 8.68. The molecule has 9 heteroatoms. The van der Waals surface area contributed by atoms with Crippen molar-refractivity contribution in [1.82, 2.24) is 26.5 Å². The number of para-hydroxylation sites is 1. The average Bonchev–Trinajstić information content (AvgIpc) is 3.03. The van der Waals surface area contributed by atoms with Gasteiger partial charge >= 0.3 is 6.09 Å². The molecule has 9 nitrogen and oxygen atoms in total. The van der Waals surface area contributed by atoms with Crippen LogP contribution in [0.25, 0.3) is 10.9 Å². The summed E-state index contributed by atoms with van der Waals surface area (Å²) in [6.07, 6.45) is -0.206. The average molecular weight is 415 g/mol. The number of fused-ring (bicyclic) bond motifs is 3. The van der Waals surface area contributed by atoms with Crippen LogP contribution in [0.15, 0.2) is 24.3 Å². The minimum atomic E-state index is -0.876. The Labute approximate surface area is 175 Å². The van der Waals surface area contributed by atoms with Gasteiger partial charge in [-0.2, -0.15) is 0 Å². The smallest absolute Gasteiger partial charge is 0.408 e. The molecule has 0 fully saturated rings. The number of H-pyrrole nitrogens is 1. The highest BCUT2D eigenvalue weighted by Gasteiger charge is 2.31. The van der Waals surface area contributed by atoms with Gasteiger partial charge in [-0.1, -0.05) is 18.2 Å². The lowest BCUT2D eigenvalue weighted by Gasteiger charge is -2.28. The molecule has 1 aliphatic rings. The molecule has 0 saturated carbocycles. The second-order valence-corrected chi connectivity index (χ2v) is 8.55. The van der Waals surface area contributed by atoms with Gasteiger partial charge in [-0.3, -0.25) is 25.8 Å². The van der Waals surface area contributed by atoms with Gasteiger partial charge in [0.1, 0.15) is 11.6 Å². The van der Waals surface area contributed by atoms with E-state index in [1.54, 1.807) is 20.8 Å². The summed E-state index contributed by atoms with van der Waals surface area (Å²) in [6, 6.07) is 6.56. The molecule has 1 aromatic heterocycles. The minimum Gasteiger partial charge on any atom is -0.444 e. The molecular formula is C21H29N5O4. The minimum absolute atomic E-state index is 0.0413. The van der Waals surface area contributed by atoms with Crippen LogP contribution in [0.5, 0.6) is 0 Å². The summed E-state index contributed by atoms with van der Waals surface area (Å²) >= 11 is 0. The van der Waals surface area contributed by atoms with E-state index in [1.165, 1.54) is 6.92 Å². The van der Waals surface area contributed by atoms with Gasteiger partial charge in [0, 0.05) is 22.6 Å². The molecule has 0 unspecified atom stereocenters.